The largest absolute Gasteiger partial charge is 0.496 e. The molecule has 1 aromatic carbocycles. The second-order valence-corrected chi connectivity index (χ2v) is 10.0. The Labute approximate surface area is 203 Å². The summed E-state index contributed by atoms with van der Waals surface area (Å²) in [5, 5.41) is 26.9. The lowest BCUT2D eigenvalue weighted by Gasteiger charge is -2.23. The lowest BCUT2D eigenvalue weighted by molar-refractivity contribution is -0.122. The molecule has 1 aliphatic heterocycles. The van der Waals surface area contributed by atoms with Crippen molar-refractivity contribution in [2.45, 2.75) is 69.1 Å². The minimum atomic E-state index is -1.08. The van der Waals surface area contributed by atoms with Gasteiger partial charge in [-0.3, -0.25) is 4.79 Å². The molecule has 1 unspecified atom stereocenters. The normalized spacial score (nSPS) is 25.0. The van der Waals surface area contributed by atoms with Gasteiger partial charge in [0.05, 0.1) is 24.3 Å². The first-order chi connectivity index (χ1) is 15.8. The SMILES string of the molecule is COc1ccc2c(c1C)C(=O)O[C@H](CO)CCC(=S)N[C@H](C(=O)NC1CCCC1)CSC2O. The highest BCUT2D eigenvalue weighted by Crippen LogP contribution is 2.35. The summed E-state index contributed by atoms with van der Waals surface area (Å²) < 4.78 is 10.9. The molecule has 0 aromatic heterocycles. The number of carbonyl (C=O) groups is 2. The highest BCUT2D eigenvalue weighted by molar-refractivity contribution is 7.99. The number of carbonyl (C=O) groups excluding carboxylic acids is 2. The van der Waals surface area contributed by atoms with Crippen molar-refractivity contribution in [2.24, 2.45) is 0 Å². The van der Waals surface area contributed by atoms with Crippen molar-refractivity contribution in [2.75, 3.05) is 19.5 Å². The third-order valence-corrected chi connectivity index (χ3v) is 7.50. The standard InChI is InChI=1S/C23H32N2O6S2/c1-13-18(30-2)9-8-16-20(13)22(28)31-15(11-26)7-10-19(32)25-17(12-33-23(16)29)21(27)24-14-5-3-4-6-14/h8-9,14-15,17,23,26,29H,3-7,10-12H2,1-2H3,(H,24,27)(H,25,32)/t15-,17-,23?/m0/s1. The van der Waals surface area contributed by atoms with E-state index in [9.17, 15) is 19.8 Å². The predicted molar refractivity (Wildman–Crippen MR) is 131 cm³/mol. The molecule has 10 heteroatoms. The van der Waals surface area contributed by atoms with Gasteiger partial charge in [0.25, 0.3) is 0 Å². The van der Waals surface area contributed by atoms with E-state index in [0.717, 1.165) is 37.4 Å². The summed E-state index contributed by atoms with van der Waals surface area (Å²) in [5.74, 6) is -0.0581. The lowest BCUT2D eigenvalue weighted by Crippen LogP contribution is -2.50. The highest BCUT2D eigenvalue weighted by Gasteiger charge is 2.29. The Kier molecular flexibility index (Phi) is 9.37. The van der Waals surface area contributed by atoms with Crippen molar-refractivity contribution < 1.29 is 29.3 Å². The molecule has 4 N–H and O–H groups in total. The number of hydrogen-bond acceptors (Lipinski definition) is 8. The lowest BCUT2D eigenvalue weighted by atomic mass is 10.0. The van der Waals surface area contributed by atoms with E-state index < -0.39 is 23.6 Å². The number of ether oxygens (including phenoxy) is 2. The smallest absolute Gasteiger partial charge is 0.339 e. The zero-order valence-corrected chi connectivity index (χ0v) is 20.6. The molecule has 2 aliphatic rings. The molecule has 0 saturated heterocycles. The molecule has 1 amide bonds. The molecular weight excluding hydrogens is 464 g/mol. The third kappa shape index (κ3) is 6.59. The van der Waals surface area contributed by atoms with Gasteiger partial charge in [-0.15, -0.1) is 11.8 Å². The van der Waals surface area contributed by atoms with Gasteiger partial charge in [0.1, 0.15) is 23.3 Å². The van der Waals surface area contributed by atoms with Gasteiger partial charge in [0, 0.05) is 29.3 Å². The van der Waals surface area contributed by atoms with Crippen LogP contribution < -0.4 is 15.4 Å². The van der Waals surface area contributed by atoms with Crippen LogP contribution in [0.25, 0.3) is 0 Å². The fourth-order valence-electron chi connectivity index (χ4n) is 4.20. The van der Waals surface area contributed by atoms with Gasteiger partial charge in [-0.25, -0.2) is 4.79 Å². The number of nitrogens with one attached hydrogen (secondary N) is 2. The molecule has 1 aromatic rings. The predicted octanol–water partition coefficient (Wildman–Crippen LogP) is 2.38. The summed E-state index contributed by atoms with van der Waals surface area (Å²) in [7, 11) is 1.50. The number of methoxy groups -OCH3 is 1. The fourth-order valence-corrected chi connectivity index (χ4v) is 5.45. The zero-order valence-electron chi connectivity index (χ0n) is 19.0. The van der Waals surface area contributed by atoms with Crippen molar-refractivity contribution in [1.29, 1.82) is 0 Å². The minimum absolute atomic E-state index is 0.156. The first kappa shape index (κ1) is 25.7. The number of esters is 1. The quantitative estimate of drug-likeness (QED) is 0.368. The Bertz CT molecular complexity index is 875. The molecule has 8 nitrogen and oxygen atoms in total. The van der Waals surface area contributed by atoms with Gasteiger partial charge in [0.2, 0.25) is 5.91 Å². The molecule has 1 heterocycles. The van der Waals surface area contributed by atoms with E-state index in [0.29, 0.717) is 34.7 Å². The summed E-state index contributed by atoms with van der Waals surface area (Å²) in [6, 6.07) is 2.84. The Morgan fingerprint density at radius 1 is 1.33 bits per heavy atom. The topological polar surface area (TPSA) is 117 Å². The van der Waals surface area contributed by atoms with Crippen LogP contribution in [0.2, 0.25) is 0 Å². The monoisotopic (exact) mass is 496 g/mol. The summed E-state index contributed by atoms with van der Waals surface area (Å²) in [4.78, 5) is 26.5. The van der Waals surface area contributed by atoms with Crippen LogP contribution in [-0.2, 0) is 9.53 Å². The third-order valence-electron chi connectivity index (χ3n) is 6.08. The van der Waals surface area contributed by atoms with E-state index in [-0.39, 0.29) is 29.9 Å². The van der Waals surface area contributed by atoms with Gasteiger partial charge in [-0.05, 0) is 32.3 Å². The number of thiocarbonyl (C=S) groups is 1. The summed E-state index contributed by atoms with van der Waals surface area (Å²) in [5.41, 5.74) is 0.0318. The molecule has 1 aliphatic carbocycles. The molecule has 0 spiro atoms. The van der Waals surface area contributed by atoms with Crippen LogP contribution in [-0.4, -0.2) is 64.7 Å². The Hall–Kier alpha value is -1.88. The van der Waals surface area contributed by atoms with Crippen LogP contribution in [0, 0.1) is 6.92 Å². The summed E-state index contributed by atoms with van der Waals surface area (Å²) in [6.07, 6.45) is 4.01. The van der Waals surface area contributed by atoms with E-state index in [1.807, 2.05) is 0 Å². The van der Waals surface area contributed by atoms with Crippen LogP contribution in [0.3, 0.4) is 0 Å². The van der Waals surface area contributed by atoms with Crippen molar-refractivity contribution in [1.82, 2.24) is 10.6 Å². The molecule has 0 bridgehead atoms. The highest BCUT2D eigenvalue weighted by atomic mass is 32.2. The molecule has 0 radical (unpaired) electrons. The zero-order chi connectivity index (χ0) is 24.0. The van der Waals surface area contributed by atoms with E-state index in [4.69, 9.17) is 21.7 Å². The summed E-state index contributed by atoms with van der Waals surface area (Å²) >= 11 is 6.57. The number of amides is 1. The van der Waals surface area contributed by atoms with Gasteiger partial charge >= 0.3 is 5.97 Å². The fraction of sp³-hybridized carbons (Fsp3) is 0.609. The van der Waals surface area contributed by atoms with E-state index >= 15 is 0 Å². The average Bonchev–Trinajstić information content (AvgIpc) is 3.31. The number of aliphatic hydroxyl groups excluding tert-OH is 2. The molecule has 3 rings (SSSR count). The first-order valence-corrected chi connectivity index (χ1v) is 12.7. The summed E-state index contributed by atoms with van der Waals surface area (Å²) in [6.45, 7) is 1.35. The molecule has 182 valence electrons. The maximum atomic E-state index is 13.0. The van der Waals surface area contributed by atoms with Crippen LogP contribution in [0.1, 0.15) is 65.4 Å². The van der Waals surface area contributed by atoms with Crippen LogP contribution in [0.5, 0.6) is 5.75 Å². The number of aliphatic hydroxyl groups is 2. The Morgan fingerprint density at radius 2 is 2.06 bits per heavy atom. The molecule has 1 saturated carbocycles. The van der Waals surface area contributed by atoms with Gasteiger partial charge in [-0.1, -0.05) is 31.1 Å². The molecule has 3 atom stereocenters. The Balaban J connectivity index is 1.89. The van der Waals surface area contributed by atoms with Crippen molar-refractivity contribution >= 4 is 40.8 Å². The number of rotatable bonds is 4. The number of fused-ring (bicyclic) bond motifs is 1. The van der Waals surface area contributed by atoms with Crippen LogP contribution >= 0.6 is 24.0 Å². The molecule has 1 fully saturated rings. The van der Waals surface area contributed by atoms with Gasteiger partial charge in [-0.2, -0.15) is 0 Å². The first-order valence-electron chi connectivity index (χ1n) is 11.2. The van der Waals surface area contributed by atoms with E-state index in [1.165, 1.54) is 7.11 Å². The molecule has 33 heavy (non-hydrogen) atoms. The minimum Gasteiger partial charge on any atom is -0.496 e. The second-order valence-electron chi connectivity index (χ2n) is 8.40. The van der Waals surface area contributed by atoms with E-state index in [2.05, 4.69) is 10.6 Å². The van der Waals surface area contributed by atoms with Gasteiger partial charge in [0.15, 0.2) is 0 Å². The van der Waals surface area contributed by atoms with Gasteiger partial charge < -0.3 is 30.3 Å². The maximum Gasteiger partial charge on any atom is 0.339 e. The van der Waals surface area contributed by atoms with Crippen molar-refractivity contribution in [3.8, 4) is 5.75 Å². The number of thioether (sulfide) groups is 1. The average molecular weight is 497 g/mol. The second kappa shape index (κ2) is 12.0. The Morgan fingerprint density at radius 3 is 2.73 bits per heavy atom. The van der Waals surface area contributed by atoms with Crippen molar-refractivity contribution in [3.63, 3.8) is 0 Å². The number of cyclic esters (lactones) is 1. The molecular formula is C23H32N2O6S2. The van der Waals surface area contributed by atoms with Crippen LogP contribution in [0.15, 0.2) is 12.1 Å². The van der Waals surface area contributed by atoms with Crippen LogP contribution in [0.4, 0.5) is 0 Å². The van der Waals surface area contributed by atoms with E-state index in [1.54, 1.807) is 19.1 Å². The number of benzene rings is 1. The van der Waals surface area contributed by atoms with Crippen molar-refractivity contribution in [3.05, 3.63) is 28.8 Å². The maximum absolute atomic E-state index is 13.0. The number of hydrogen-bond donors (Lipinski definition) is 4.